The van der Waals surface area contributed by atoms with Crippen molar-refractivity contribution >= 4 is 46.6 Å². The third-order valence-corrected chi connectivity index (χ3v) is 11.1. The molecule has 2 saturated heterocycles. The molecule has 4 aromatic carbocycles. The van der Waals surface area contributed by atoms with Gasteiger partial charge in [-0.15, -0.1) is 0 Å². The Labute approximate surface area is 291 Å². The Kier molecular flexibility index (Phi) is 7.52. The summed E-state index contributed by atoms with van der Waals surface area (Å²) in [7, 11) is 1.46. The number of phenols is 1. The molecule has 50 heavy (non-hydrogen) atoms. The van der Waals surface area contributed by atoms with Crippen LogP contribution in [0.25, 0.3) is 0 Å². The second kappa shape index (κ2) is 11.8. The van der Waals surface area contributed by atoms with Crippen LogP contribution in [-0.4, -0.2) is 40.9 Å². The number of rotatable bonds is 6. The first-order chi connectivity index (χ1) is 24.1. The lowest BCUT2D eigenvalue weighted by Gasteiger charge is -2.50. The number of phenolic OH excluding ortho intramolecular Hbond substituents is 1. The smallest absolute Gasteiger partial charge is 0.260 e. The molecule has 0 spiro atoms. The van der Waals surface area contributed by atoms with E-state index in [1.807, 2.05) is 12.1 Å². The van der Waals surface area contributed by atoms with E-state index in [1.165, 1.54) is 48.4 Å². The zero-order valence-corrected chi connectivity index (χ0v) is 27.5. The molecule has 6 unspecified atom stereocenters. The number of carbonyl (C=O) groups excluding carboxylic acids is 4. The molecule has 3 fully saturated rings. The number of allylic oxidation sites excluding steroid dienone is 2. The number of halogens is 2. The van der Waals surface area contributed by atoms with Gasteiger partial charge < -0.3 is 9.84 Å². The number of benzene rings is 4. The Morgan fingerprint density at radius 2 is 1.60 bits per heavy atom. The minimum atomic E-state index is -1.57. The summed E-state index contributed by atoms with van der Waals surface area (Å²) in [5.74, 6) is -5.89. The van der Waals surface area contributed by atoms with Crippen LogP contribution in [0.4, 0.5) is 15.8 Å². The van der Waals surface area contributed by atoms with Crippen LogP contribution in [0.2, 0.25) is 5.02 Å². The molecule has 252 valence electrons. The van der Waals surface area contributed by atoms with Gasteiger partial charge in [0.05, 0.1) is 41.7 Å². The minimum Gasteiger partial charge on any atom is -0.508 e. The van der Waals surface area contributed by atoms with Crippen molar-refractivity contribution in [3.8, 4) is 11.5 Å². The maximum Gasteiger partial charge on any atom is 0.260 e. The number of para-hydroxylation sites is 1. The molecule has 9 nitrogen and oxygen atoms in total. The predicted molar refractivity (Wildman–Crippen MR) is 183 cm³/mol. The van der Waals surface area contributed by atoms with E-state index in [9.17, 15) is 23.9 Å². The highest BCUT2D eigenvalue weighted by Gasteiger charge is 2.70. The van der Waals surface area contributed by atoms with Crippen molar-refractivity contribution in [2.75, 3.05) is 17.4 Å². The molecular formula is C39H31ClFN3O6. The molecule has 0 aromatic heterocycles. The van der Waals surface area contributed by atoms with Gasteiger partial charge >= 0.3 is 0 Å². The molecule has 8 rings (SSSR count). The van der Waals surface area contributed by atoms with E-state index < -0.39 is 52.6 Å². The van der Waals surface area contributed by atoms with Crippen LogP contribution in [0, 0.1) is 29.5 Å². The predicted octanol–water partition coefficient (Wildman–Crippen LogP) is 6.38. The third-order valence-electron chi connectivity index (χ3n) is 10.8. The van der Waals surface area contributed by atoms with Crippen molar-refractivity contribution in [3.05, 3.63) is 131 Å². The highest BCUT2D eigenvalue weighted by atomic mass is 35.5. The lowest BCUT2D eigenvalue weighted by atomic mass is 9.49. The van der Waals surface area contributed by atoms with Gasteiger partial charge in [0.2, 0.25) is 11.8 Å². The van der Waals surface area contributed by atoms with Gasteiger partial charge in [0.25, 0.3) is 11.8 Å². The topological polar surface area (TPSA) is 116 Å². The lowest BCUT2D eigenvalue weighted by molar-refractivity contribution is -0.138. The molecule has 6 atom stereocenters. The van der Waals surface area contributed by atoms with Crippen molar-refractivity contribution in [2.45, 2.75) is 24.2 Å². The van der Waals surface area contributed by atoms with Crippen molar-refractivity contribution in [1.82, 2.24) is 5.01 Å². The average Bonchev–Trinajstić information content (AvgIpc) is 3.50. The second-order valence-corrected chi connectivity index (χ2v) is 13.6. The van der Waals surface area contributed by atoms with Gasteiger partial charge in [-0.25, -0.2) is 4.39 Å². The lowest BCUT2D eigenvalue weighted by Crippen LogP contribution is -2.53. The molecular weight excluding hydrogens is 661 g/mol. The van der Waals surface area contributed by atoms with Crippen LogP contribution in [0.15, 0.2) is 109 Å². The zero-order chi connectivity index (χ0) is 34.9. The van der Waals surface area contributed by atoms with Crippen LogP contribution in [0.3, 0.4) is 0 Å². The fourth-order valence-electron chi connectivity index (χ4n) is 8.77. The number of nitrogens with one attached hydrogen (secondary N) is 1. The van der Waals surface area contributed by atoms with Crippen molar-refractivity contribution in [1.29, 1.82) is 0 Å². The Bertz CT molecular complexity index is 2090. The van der Waals surface area contributed by atoms with Gasteiger partial charge in [0.15, 0.2) is 0 Å². The Hall–Kier alpha value is -5.48. The quantitative estimate of drug-likeness (QED) is 0.178. The Morgan fingerprint density at radius 3 is 2.30 bits per heavy atom. The number of hydrogen-bond acceptors (Lipinski definition) is 7. The van der Waals surface area contributed by atoms with E-state index in [2.05, 4.69) is 5.43 Å². The number of hydrazine groups is 1. The number of ether oxygens (including phenoxy) is 1. The maximum atomic E-state index is 15.2. The second-order valence-electron chi connectivity index (χ2n) is 13.1. The number of imide groups is 2. The van der Waals surface area contributed by atoms with E-state index in [0.717, 1.165) is 10.6 Å². The van der Waals surface area contributed by atoms with Crippen LogP contribution in [0.5, 0.6) is 11.5 Å². The fraction of sp³-hybridized carbons (Fsp3) is 0.231. The number of amides is 4. The SMILES string of the molecule is COc1cc(O)ccc1C1C2=CCC3C(=O)N(c4ccccc4)C(=O)C3C2CC2C(=O)N(Nc3ccc(F)cc3)C(=O)C21c1ccc(Cl)cc1. The van der Waals surface area contributed by atoms with Crippen molar-refractivity contribution in [3.63, 3.8) is 0 Å². The summed E-state index contributed by atoms with van der Waals surface area (Å²) in [5.41, 5.74) is 3.95. The molecule has 2 aliphatic heterocycles. The number of carbonyl (C=O) groups is 4. The number of aromatic hydroxyl groups is 1. The Balaban J connectivity index is 1.35. The minimum absolute atomic E-state index is 0.0590. The van der Waals surface area contributed by atoms with Crippen LogP contribution >= 0.6 is 11.6 Å². The first-order valence-corrected chi connectivity index (χ1v) is 16.7. The van der Waals surface area contributed by atoms with E-state index >= 15 is 4.79 Å². The molecule has 11 heteroatoms. The molecule has 4 amide bonds. The summed E-state index contributed by atoms with van der Waals surface area (Å²) in [6, 6.07) is 25.5. The summed E-state index contributed by atoms with van der Waals surface area (Å²) in [4.78, 5) is 59.5. The Morgan fingerprint density at radius 1 is 0.880 bits per heavy atom. The van der Waals surface area contributed by atoms with Gasteiger partial charge in [0, 0.05) is 22.6 Å². The zero-order valence-electron chi connectivity index (χ0n) is 26.8. The third kappa shape index (κ3) is 4.58. The molecule has 2 heterocycles. The highest BCUT2D eigenvalue weighted by Crippen LogP contribution is 2.65. The van der Waals surface area contributed by atoms with Gasteiger partial charge in [-0.1, -0.05) is 59.6 Å². The number of anilines is 2. The normalized spacial score (nSPS) is 27.1. The largest absolute Gasteiger partial charge is 0.508 e. The van der Waals surface area contributed by atoms with Gasteiger partial charge in [-0.05, 0) is 78.9 Å². The molecule has 4 aromatic rings. The summed E-state index contributed by atoms with van der Waals surface area (Å²) < 4.78 is 19.6. The average molecular weight is 692 g/mol. The summed E-state index contributed by atoms with van der Waals surface area (Å²) >= 11 is 6.35. The van der Waals surface area contributed by atoms with Crippen LogP contribution in [-0.2, 0) is 24.6 Å². The van der Waals surface area contributed by atoms with E-state index in [0.29, 0.717) is 27.5 Å². The van der Waals surface area contributed by atoms with Crippen LogP contribution in [0.1, 0.15) is 29.9 Å². The maximum absolute atomic E-state index is 15.2. The molecule has 2 N–H and O–H groups in total. The van der Waals surface area contributed by atoms with Crippen molar-refractivity contribution in [2.24, 2.45) is 23.7 Å². The number of hydrogen-bond donors (Lipinski definition) is 2. The van der Waals surface area contributed by atoms with Crippen LogP contribution < -0.4 is 15.1 Å². The number of fused-ring (bicyclic) bond motifs is 4. The molecule has 4 aliphatic rings. The molecule has 0 bridgehead atoms. The van der Waals surface area contributed by atoms with E-state index in [4.69, 9.17) is 16.3 Å². The highest BCUT2D eigenvalue weighted by molar-refractivity contribution is 6.30. The van der Waals surface area contributed by atoms with E-state index in [1.54, 1.807) is 54.6 Å². The summed E-state index contributed by atoms with van der Waals surface area (Å²) in [6.07, 6.45) is 2.30. The summed E-state index contributed by atoms with van der Waals surface area (Å²) in [6.45, 7) is 0. The summed E-state index contributed by atoms with van der Waals surface area (Å²) in [5, 5.41) is 11.9. The molecule has 2 aliphatic carbocycles. The van der Waals surface area contributed by atoms with Gasteiger partial charge in [-0.2, -0.15) is 5.01 Å². The molecule has 0 radical (unpaired) electrons. The van der Waals surface area contributed by atoms with E-state index in [-0.39, 0.29) is 36.2 Å². The standard InChI is InChI=1S/C39H31ClFN3O6/c1-50-32-19-26(45)15-16-28(32)34-27-17-18-29-33(37(48)43(35(29)46)25-5-3-2-4-6-25)30(27)20-31-36(47)44(42-24-13-11-23(41)12-14-24)38(49)39(31,34)21-7-9-22(40)10-8-21/h2-17,19,29-31,33-34,42,45H,18,20H2,1H3. The number of nitrogens with zero attached hydrogens (tertiary/aromatic N) is 2. The van der Waals surface area contributed by atoms with Gasteiger partial charge in [0.1, 0.15) is 17.3 Å². The number of methoxy groups -OCH3 is 1. The van der Waals surface area contributed by atoms with Crippen molar-refractivity contribution < 1.29 is 33.4 Å². The van der Waals surface area contributed by atoms with Gasteiger partial charge in [-0.3, -0.25) is 29.5 Å². The fourth-order valence-corrected chi connectivity index (χ4v) is 8.90. The molecule has 1 saturated carbocycles. The monoisotopic (exact) mass is 691 g/mol. The first-order valence-electron chi connectivity index (χ1n) is 16.3. The first kappa shape index (κ1) is 31.8.